The number of para-hydroxylation sites is 1. The second kappa shape index (κ2) is 6.28. The molecule has 1 aliphatic heterocycles. The van der Waals surface area contributed by atoms with Gasteiger partial charge in [-0.2, -0.15) is 0 Å². The van der Waals surface area contributed by atoms with E-state index in [0.29, 0.717) is 13.2 Å². The van der Waals surface area contributed by atoms with Crippen LogP contribution >= 0.6 is 0 Å². The van der Waals surface area contributed by atoms with Crippen molar-refractivity contribution in [3.63, 3.8) is 0 Å². The predicted octanol–water partition coefficient (Wildman–Crippen LogP) is 2.69. The fourth-order valence-corrected chi connectivity index (χ4v) is 1.90. The van der Waals surface area contributed by atoms with E-state index in [1.165, 1.54) is 0 Å². The highest BCUT2D eigenvalue weighted by Gasteiger charge is 2.30. The Labute approximate surface area is 107 Å². The molecule has 0 spiro atoms. The van der Waals surface area contributed by atoms with Crippen LogP contribution in [0.25, 0.3) is 0 Å². The highest BCUT2D eigenvalue weighted by Crippen LogP contribution is 2.15. The molecule has 1 fully saturated rings. The van der Waals surface area contributed by atoms with Gasteiger partial charge in [0, 0.05) is 6.54 Å². The number of hydrogen-bond acceptors (Lipinski definition) is 3. The van der Waals surface area contributed by atoms with Crippen LogP contribution in [0, 0.1) is 0 Å². The number of carbonyl (C=O) groups is 1. The van der Waals surface area contributed by atoms with Crippen LogP contribution in [0.3, 0.4) is 0 Å². The van der Waals surface area contributed by atoms with E-state index < -0.39 is 0 Å². The number of amides is 1. The quantitative estimate of drug-likeness (QED) is 0.778. The molecule has 0 bridgehead atoms. The van der Waals surface area contributed by atoms with Crippen molar-refractivity contribution in [3.05, 3.63) is 30.3 Å². The molecule has 4 nitrogen and oxygen atoms in total. The number of nitrogens with zero attached hydrogens (tertiary/aromatic N) is 1. The summed E-state index contributed by atoms with van der Waals surface area (Å²) in [5.41, 5.74) is 0. The molecular weight excluding hydrogens is 230 g/mol. The highest BCUT2D eigenvalue weighted by molar-refractivity contribution is 5.69. The Morgan fingerprint density at radius 2 is 2.17 bits per heavy atom. The van der Waals surface area contributed by atoms with Gasteiger partial charge in [-0.15, -0.1) is 0 Å². The van der Waals surface area contributed by atoms with Gasteiger partial charge in [-0.3, -0.25) is 0 Å². The van der Waals surface area contributed by atoms with E-state index in [4.69, 9.17) is 9.47 Å². The Morgan fingerprint density at radius 1 is 1.39 bits per heavy atom. The number of cyclic esters (lactones) is 1. The summed E-state index contributed by atoms with van der Waals surface area (Å²) in [5.74, 6) is 0.806. The van der Waals surface area contributed by atoms with Gasteiger partial charge in [-0.1, -0.05) is 31.5 Å². The smallest absolute Gasteiger partial charge is 0.410 e. The van der Waals surface area contributed by atoms with E-state index in [2.05, 4.69) is 6.92 Å². The molecule has 1 atom stereocenters. The van der Waals surface area contributed by atoms with Crippen molar-refractivity contribution in [1.29, 1.82) is 0 Å². The normalized spacial score (nSPS) is 18.8. The number of hydrogen-bond donors (Lipinski definition) is 0. The number of ether oxygens (including phenoxy) is 2. The van der Waals surface area contributed by atoms with Gasteiger partial charge in [0.05, 0.1) is 6.54 Å². The summed E-state index contributed by atoms with van der Waals surface area (Å²) in [6, 6.07) is 9.57. The summed E-state index contributed by atoms with van der Waals surface area (Å²) in [5, 5.41) is 0. The topological polar surface area (TPSA) is 38.8 Å². The molecule has 1 aliphatic rings. The van der Waals surface area contributed by atoms with Gasteiger partial charge in [-0.25, -0.2) is 4.79 Å². The van der Waals surface area contributed by atoms with Crippen molar-refractivity contribution in [3.8, 4) is 5.75 Å². The molecule has 1 amide bonds. The minimum absolute atomic E-state index is 0.158. The summed E-state index contributed by atoms with van der Waals surface area (Å²) in [6.07, 6.45) is 1.72. The monoisotopic (exact) mass is 249 g/mol. The number of carbonyl (C=O) groups excluding carboxylic acids is 1. The van der Waals surface area contributed by atoms with Crippen LogP contribution in [-0.4, -0.2) is 36.8 Å². The summed E-state index contributed by atoms with van der Waals surface area (Å²) in [7, 11) is 0. The second-order valence-electron chi connectivity index (χ2n) is 4.43. The molecular formula is C14H19NO3. The SMILES string of the molecule is CCCCN1C[C@@H](COc2ccccc2)OC1=O. The lowest BCUT2D eigenvalue weighted by molar-refractivity contribution is 0.103. The lowest BCUT2D eigenvalue weighted by Crippen LogP contribution is -2.27. The van der Waals surface area contributed by atoms with Crippen molar-refractivity contribution < 1.29 is 14.3 Å². The average molecular weight is 249 g/mol. The molecule has 1 aromatic rings. The van der Waals surface area contributed by atoms with E-state index in [1.807, 2.05) is 30.3 Å². The van der Waals surface area contributed by atoms with Crippen molar-refractivity contribution in [1.82, 2.24) is 4.90 Å². The van der Waals surface area contributed by atoms with Crippen LogP contribution in [-0.2, 0) is 4.74 Å². The minimum atomic E-state index is -0.217. The van der Waals surface area contributed by atoms with Gasteiger partial charge in [-0.05, 0) is 18.6 Å². The molecule has 2 rings (SSSR count). The van der Waals surface area contributed by atoms with Gasteiger partial charge in [0.1, 0.15) is 12.4 Å². The number of rotatable bonds is 6. The molecule has 0 aliphatic carbocycles. The summed E-state index contributed by atoms with van der Waals surface area (Å²) in [6.45, 7) is 3.93. The van der Waals surface area contributed by atoms with Crippen LogP contribution < -0.4 is 4.74 Å². The zero-order valence-corrected chi connectivity index (χ0v) is 10.7. The van der Waals surface area contributed by atoms with E-state index in [1.54, 1.807) is 4.90 Å². The minimum Gasteiger partial charge on any atom is -0.490 e. The molecule has 0 saturated carbocycles. The largest absolute Gasteiger partial charge is 0.490 e. The molecule has 18 heavy (non-hydrogen) atoms. The van der Waals surface area contributed by atoms with Crippen LogP contribution in [0.5, 0.6) is 5.75 Å². The molecule has 0 N–H and O–H groups in total. The number of benzene rings is 1. The molecule has 1 heterocycles. The maximum atomic E-state index is 11.6. The van der Waals surface area contributed by atoms with Crippen LogP contribution in [0.15, 0.2) is 30.3 Å². The van der Waals surface area contributed by atoms with Gasteiger partial charge < -0.3 is 14.4 Å². The zero-order chi connectivity index (χ0) is 12.8. The molecule has 4 heteroatoms. The Bertz CT molecular complexity index is 380. The number of unbranched alkanes of at least 4 members (excludes halogenated alkanes) is 1. The van der Waals surface area contributed by atoms with Crippen molar-refractivity contribution in [2.45, 2.75) is 25.9 Å². The zero-order valence-electron chi connectivity index (χ0n) is 10.7. The first-order valence-corrected chi connectivity index (χ1v) is 6.43. The van der Waals surface area contributed by atoms with Crippen LogP contribution in [0.1, 0.15) is 19.8 Å². The molecule has 0 radical (unpaired) electrons. The Kier molecular flexibility index (Phi) is 4.45. The summed E-state index contributed by atoms with van der Waals surface area (Å²) < 4.78 is 10.8. The van der Waals surface area contributed by atoms with Gasteiger partial charge in [0.25, 0.3) is 0 Å². The third-order valence-corrected chi connectivity index (χ3v) is 2.91. The average Bonchev–Trinajstić information content (AvgIpc) is 2.76. The molecule has 1 saturated heterocycles. The second-order valence-corrected chi connectivity index (χ2v) is 4.43. The summed E-state index contributed by atoms with van der Waals surface area (Å²) >= 11 is 0. The first-order chi connectivity index (χ1) is 8.79. The van der Waals surface area contributed by atoms with Crippen LogP contribution in [0.4, 0.5) is 4.79 Å². The summed E-state index contributed by atoms with van der Waals surface area (Å²) in [4.78, 5) is 13.3. The van der Waals surface area contributed by atoms with Crippen molar-refractivity contribution in [2.24, 2.45) is 0 Å². The van der Waals surface area contributed by atoms with Crippen molar-refractivity contribution in [2.75, 3.05) is 19.7 Å². The van der Waals surface area contributed by atoms with Gasteiger partial charge >= 0.3 is 6.09 Å². The fraction of sp³-hybridized carbons (Fsp3) is 0.500. The first-order valence-electron chi connectivity index (χ1n) is 6.43. The van der Waals surface area contributed by atoms with E-state index >= 15 is 0 Å². The van der Waals surface area contributed by atoms with Gasteiger partial charge in [0.2, 0.25) is 0 Å². The third kappa shape index (κ3) is 3.39. The lowest BCUT2D eigenvalue weighted by Gasteiger charge is -2.12. The Hall–Kier alpha value is -1.71. The Morgan fingerprint density at radius 3 is 2.89 bits per heavy atom. The molecule has 0 unspecified atom stereocenters. The molecule has 98 valence electrons. The van der Waals surface area contributed by atoms with E-state index in [-0.39, 0.29) is 12.2 Å². The lowest BCUT2D eigenvalue weighted by atomic mass is 10.3. The first kappa shape index (κ1) is 12.7. The molecule has 1 aromatic carbocycles. The predicted molar refractivity (Wildman–Crippen MR) is 68.7 cm³/mol. The fourth-order valence-electron chi connectivity index (χ4n) is 1.90. The van der Waals surface area contributed by atoms with Crippen LogP contribution in [0.2, 0.25) is 0 Å². The van der Waals surface area contributed by atoms with E-state index in [0.717, 1.165) is 25.1 Å². The highest BCUT2D eigenvalue weighted by atomic mass is 16.6. The maximum Gasteiger partial charge on any atom is 0.410 e. The van der Waals surface area contributed by atoms with E-state index in [9.17, 15) is 4.79 Å². The third-order valence-electron chi connectivity index (χ3n) is 2.91. The van der Waals surface area contributed by atoms with Crippen molar-refractivity contribution >= 4 is 6.09 Å². The van der Waals surface area contributed by atoms with Gasteiger partial charge in [0.15, 0.2) is 6.10 Å². The standard InChI is InChI=1S/C14H19NO3/c1-2-3-9-15-10-13(18-14(15)16)11-17-12-7-5-4-6-8-12/h4-8,13H,2-3,9-11H2,1H3/t13-/m0/s1. The molecule has 0 aromatic heterocycles. The Balaban J connectivity index is 1.77. The maximum absolute atomic E-state index is 11.6.